The summed E-state index contributed by atoms with van der Waals surface area (Å²) in [6, 6.07) is 0. The molecule has 1 radical (unpaired) electrons. The Balaban J connectivity index is 3.92. The Morgan fingerprint density at radius 2 is 1.92 bits per heavy atom. The standard InChI is InChI=1S/C12H21/c1-6-12(7-2)9-8-11(5)10(3)4/h6,8,12H,1,7,9H2,2-5H3. The van der Waals surface area contributed by atoms with Crippen LogP contribution in [0.15, 0.2) is 24.3 Å². The fraction of sp³-hybridized carbons (Fsp3) is 0.583. The Labute approximate surface area is 77.4 Å². The average molecular weight is 165 g/mol. The number of rotatable bonds is 5. The smallest absolute Gasteiger partial charge is 0.00593 e. The van der Waals surface area contributed by atoms with Gasteiger partial charge >= 0.3 is 0 Å². The summed E-state index contributed by atoms with van der Waals surface area (Å²) in [6.45, 7) is 12.5. The highest BCUT2D eigenvalue weighted by atomic mass is 14.1. The van der Waals surface area contributed by atoms with E-state index in [-0.39, 0.29) is 0 Å². The fourth-order valence-corrected chi connectivity index (χ4v) is 0.962. The van der Waals surface area contributed by atoms with Crippen molar-refractivity contribution in [2.45, 2.75) is 40.5 Å². The summed E-state index contributed by atoms with van der Waals surface area (Å²) in [5.41, 5.74) is 1.41. The zero-order valence-electron chi connectivity index (χ0n) is 8.85. The van der Waals surface area contributed by atoms with E-state index in [4.69, 9.17) is 0 Å². The molecule has 0 spiro atoms. The molecule has 0 aliphatic heterocycles. The lowest BCUT2D eigenvalue weighted by atomic mass is 9.98. The number of hydrogen-bond donors (Lipinski definition) is 0. The van der Waals surface area contributed by atoms with Crippen LogP contribution in [0.25, 0.3) is 0 Å². The van der Waals surface area contributed by atoms with Gasteiger partial charge in [-0.3, -0.25) is 0 Å². The van der Waals surface area contributed by atoms with Crippen LogP contribution in [0.2, 0.25) is 0 Å². The van der Waals surface area contributed by atoms with Crippen molar-refractivity contribution in [1.82, 2.24) is 0 Å². The highest BCUT2D eigenvalue weighted by Crippen LogP contribution is 2.16. The van der Waals surface area contributed by atoms with Crippen LogP contribution in [0.5, 0.6) is 0 Å². The Bertz CT molecular complexity index is 151. The summed E-state index contributed by atoms with van der Waals surface area (Å²) in [6.07, 6.45) is 6.69. The lowest BCUT2D eigenvalue weighted by Gasteiger charge is -2.08. The molecule has 12 heavy (non-hydrogen) atoms. The molecule has 0 nitrogen and oxygen atoms in total. The van der Waals surface area contributed by atoms with Gasteiger partial charge in [-0.1, -0.05) is 38.5 Å². The van der Waals surface area contributed by atoms with Crippen molar-refractivity contribution in [2.75, 3.05) is 0 Å². The fourth-order valence-electron chi connectivity index (χ4n) is 0.962. The quantitative estimate of drug-likeness (QED) is 0.537. The molecule has 0 aromatic carbocycles. The predicted octanol–water partition coefficient (Wildman–Crippen LogP) is 4.15. The molecule has 0 aromatic rings. The van der Waals surface area contributed by atoms with Gasteiger partial charge in [0.2, 0.25) is 0 Å². The van der Waals surface area contributed by atoms with E-state index in [2.05, 4.69) is 46.4 Å². The maximum atomic E-state index is 3.82. The molecule has 0 rings (SSSR count). The van der Waals surface area contributed by atoms with Crippen LogP contribution < -0.4 is 0 Å². The molecule has 1 unspecified atom stereocenters. The molecule has 0 fully saturated rings. The van der Waals surface area contributed by atoms with E-state index < -0.39 is 0 Å². The van der Waals surface area contributed by atoms with Crippen LogP contribution in [0.1, 0.15) is 40.5 Å². The van der Waals surface area contributed by atoms with Crippen LogP contribution >= 0.6 is 0 Å². The number of allylic oxidation sites excluding steroid dienone is 3. The van der Waals surface area contributed by atoms with E-state index in [1.807, 2.05) is 0 Å². The first-order valence-electron chi connectivity index (χ1n) is 4.71. The first-order chi connectivity index (χ1) is 5.61. The Morgan fingerprint density at radius 3 is 2.25 bits per heavy atom. The second kappa shape index (κ2) is 6.05. The maximum absolute atomic E-state index is 3.82. The summed E-state index contributed by atoms with van der Waals surface area (Å²) in [7, 11) is 0. The Kier molecular flexibility index (Phi) is 5.79. The molecule has 0 N–H and O–H groups in total. The first-order valence-corrected chi connectivity index (χ1v) is 4.71. The summed E-state index contributed by atoms with van der Waals surface area (Å²) in [5, 5.41) is 0. The largest absolute Gasteiger partial charge is 0.103 e. The van der Waals surface area contributed by atoms with E-state index in [0.717, 1.165) is 6.42 Å². The molecule has 0 bridgehead atoms. The molecule has 0 saturated carbocycles. The first kappa shape index (κ1) is 11.5. The van der Waals surface area contributed by atoms with Gasteiger partial charge in [0.05, 0.1) is 0 Å². The third kappa shape index (κ3) is 4.38. The summed E-state index contributed by atoms with van der Waals surface area (Å²) >= 11 is 0. The van der Waals surface area contributed by atoms with Crippen molar-refractivity contribution < 1.29 is 0 Å². The zero-order valence-corrected chi connectivity index (χ0v) is 8.85. The van der Waals surface area contributed by atoms with Crippen molar-refractivity contribution in [3.63, 3.8) is 0 Å². The van der Waals surface area contributed by atoms with Crippen molar-refractivity contribution >= 4 is 0 Å². The highest BCUT2D eigenvalue weighted by Gasteiger charge is 2.00. The molecule has 0 heteroatoms. The van der Waals surface area contributed by atoms with Gasteiger partial charge in [0.1, 0.15) is 0 Å². The predicted molar refractivity (Wildman–Crippen MR) is 56.9 cm³/mol. The van der Waals surface area contributed by atoms with Gasteiger partial charge in [-0.2, -0.15) is 0 Å². The molecule has 1 atom stereocenters. The molecule has 0 amide bonds. The lowest BCUT2D eigenvalue weighted by Crippen LogP contribution is -1.93. The minimum Gasteiger partial charge on any atom is -0.103 e. The van der Waals surface area contributed by atoms with Crippen LogP contribution in [0.3, 0.4) is 0 Å². The Hall–Kier alpha value is -0.520. The van der Waals surface area contributed by atoms with Gasteiger partial charge in [0, 0.05) is 0 Å². The van der Waals surface area contributed by atoms with E-state index in [9.17, 15) is 0 Å². The molecule has 0 heterocycles. The third-order valence-electron chi connectivity index (χ3n) is 2.37. The topological polar surface area (TPSA) is 0 Å². The van der Waals surface area contributed by atoms with Gasteiger partial charge < -0.3 is 0 Å². The van der Waals surface area contributed by atoms with E-state index in [1.165, 1.54) is 17.9 Å². The van der Waals surface area contributed by atoms with Gasteiger partial charge in [-0.25, -0.2) is 0 Å². The van der Waals surface area contributed by atoms with Gasteiger partial charge in [0.15, 0.2) is 0 Å². The third-order valence-corrected chi connectivity index (χ3v) is 2.37. The molecule has 0 aliphatic rings. The number of hydrogen-bond acceptors (Lipinski definition) is 0. The molecular weight excluding hydrogens is 144 g/mol. The van der Waals surface area contributed by atoms with Crippen LogP contribution in [-0.4, -0.2) is 0 Å². The monoisotopic (exact) mass is 165 g/mol. The molecule has 0 saturated heterocycles. The highest BCUT2D eigenvalue weighted by molar-refractivity contribution is 5.17. The van der Waals surface area contributed by atoms with Crippen molar-refractivity contribution in [1.29, 1.82) is 0 Å². The van der Waals surface area contributed by atoms with Crippen molar-refractivity contribution in [2.24, 2.45) is 5.92 Å². The average Bonchev–Trinajstić information content (AvgIpc) is 2.05. The van der Waals surface area contributed by atoms with Crippen LogP contribution in [0, 0.1) is 11.8 Å². The van der Waals surface area contributed by atoms with Gasteiger partial charge in [-0.15, -0.1) is 6.58 Å². The van der Waals surface area contributed by atoms with Crippen LogP contribution in [0.4, 0.5) is 0 Å². The minimum absolute atomic E-state index is 0.652. The second-order valence-electron chi connectivity index (χ2n) is 3.53. The van der Waals surface area contributed by atoms with Crippen molar-refractivity contribution in [3.05, 3.63) is 30.2 Å². The van der Waals surface area contributed by atoms with E-state index in [1.54, 1.807) is 0 Å². The van der Waals surface area contributed by atoms with E-state index in [0.29, 0.717) is 5.92 Å². The van der Waals surface area contributed by atoms with Gasteiger partial charge in [0.25, 0.3) is 0 Å². The lowest BCUT2D eigenvalue weighted by molar-refractivity contribution is 0.637. The van der Waals surface area contributed by atoms with Gasteiger partial charge in [-0.05, 0) is 31.6 Å². The molecule has 0 aromatic heterocycles. The Morgan fingerprint density at radius 1 is 1.33 bits per heavy atom. The summed E-state index contributed by atoms with van der Waals surface area (Å²) < 4.78 is 0. The van der Waals surface area contributed by atoms with Crippen LogP contribution in [-0.2, 0) is 0 Å². The SMILES string of the molecule is C=CC(CC)CC=C(C)[C](C)C. The normalized spacial score (nSPS) is 14.9. The molecular formula is C12H21. The molecule has 0 aliphatic carbocycles. The summed E-state index contributed by atoms with van der Waals surface area (Å²) in [4.78, 5) is 0. The summed E-state index contributed by atoms with van der Waals surface area (Å²) in [5.74, 6) is 2.06. The van der Waals surface area contributed by atoms with E-state index >= 15 is 0 Å². The maximum Gasteiger partial charge on any atom is -0.00593 e. The second-order valence-corrected chi connectivity index (χ2v) is 3.53. The van der Waals surface area contributed by atoms with Crippen molar-refractivity contribution in [3.8, 4) is 0 Å². The minimum atomic E-state index is 0.652. The molecule has 69 valence electrons. The zero-order chi connectivity index (χ0) is 9.56.